The second-order valence-corrected chi connectivity index (χ2v) is 7.85. The lowest BCUT2D eigenvalue weighted by atomic mass is 9.60. The molecule has 2 unspecified atom stereocenters. The summed E-state index contributed by atoms with van der Waals surface area (Å²) in [7, 11) is 0. The Morgan fingerprint density at radius 2 is 1.92 bits per heavy atom. The third-order valence-electron chi connectivity index (χ3n) is 6.30. The number of nitrogens with one attached hydrogen (secondary N) is 2. The van der Waals surface area contributed by atoms with Gasteiger partial charge in [0, 0.05) is 50.7 Å². The highest BCUT2D eigenvalue weighted by molar-refractivity contribution is 5.80. The number of nitrogens with zero attached hydrogens (tertiary/aromatic N) is 1. The van der Waals surface area contributed by atoms with Crippen LogP contribution >= 0.6 is 0 Å². The van der Waals surface area contributed by atoms with Crippen LogP contribution in [0.4, 0.5) is 0 Å². The van der Waals surface area contributed by atoms with Crippen molar-refractivity contribution >= 4 is 5.96 Å². The van der Waals surface area contributed by atoms with Crippen molar-refractivity contribution in [2.24, 2.45) is 10.4 Å². The summed E-state index contributed by atoms with van der Waals surface area (Å²) in [4.78, 5) is 4.70. The van der Waals surface area contributed by atoms with Gasteiger partial charge in [0.25, 0.3) is 0 Å². The summed E-state index contributed by atoms with van der Waals surface area (Å²) in [6.07, 6.45) is 7.86. The molecule has 2 saturated carbocycles. The molecule has 25 heavy (non-hydrogen) atoms. The first-order chi connectivity index (χ1) is 12.1. The fraction of sp³-hybridized carbons (Fsp3) is 0.947. The van der Waals surface area contributed by atoms with E-state index in [1.54, 1.807) is 0 Å². The molecule has 0 aromatic carbocycles. The average Bonchev–Trinajstić information content (AvgIpc) is 3.12. The average molecular weight is 354 g/mol. The fourth-order valence-electron chi connectivity index (χ4n) is 4.71. The lowest BCUT2D eigenvalue weighted by Gasteiger charge is -2.54. The first-order valence-corrected chi connectivity index (χ1v) is 10.1. The molecule has 6 heteroatoms. The Morgan fingerprint density at radius 1 is 1.20 bits per heavy atom. The maximum Gasteiger partial charge on any atom is 0.191 e. The van der Waals surface area contributed by atoms with Crippen molar-refractivity contribution in [3.63, 3.8) is 0 Å². The van der Waals surface area contributed by atoms with E-state index in [-0.39, 0.29) is 5.41 Å². The normalized spacial score (nSPS) is 30.9. The van der Waals surface area contributed by atoms with Gasteiger partial charge in [0.15, 0.2) is 5.96 Å². The van der Waals surface area contributed by atoms with Gasteiger partial charge in [-0.05, 0) is 33.1 Å². The van der Waals surface area contributed by atoms with E-state index in [0.29, 0.717) is 44.7 Å². The van der Waals surface area contributed by atoms with Crippen LogP contribution in [-0.2, 0) is 9.47 Å². The van der Waals surface area contributed by atoms with E-state index in [2.05, 4.69) is 24.5 Å². The maximum atomic E-state index is 10.6. The van der Waals surface area contributed by atoms with Crippen molar-refractivity contribution in [1.82, 2.24) is 10.6 Å². The summed E-state index contributed by atoms with van der Waals surface area (Å²) < 4.78 is 11.4. The van der Waals surface area contributed by atoms with Crippen LogP contribution in [0.15, 0.2) is 4.99 Å². The lowest BCUT2D eigenvalue weighted by molar-refractivity contribution is -0.125. The zero-order valence-electron chi connectivity index (χ0n) is 15.9. The van der Waals surface area contributed by atoms with Gasteiger partial charge in [0.2, 0.25) is 0 Å². The van der Waals surface area contributed by atoms with E-state index in [4.69, 9.17) is 14.5 Å². The third-order valence-corrected chi connectivity index (χ3v) is 6.30. The molecule has 0 bridgehead atoms. The van der Waals surface area contributed by atoms with E-state index in [9.17, 15) is 5.11 Å². The molecule has 1 saturated heterocycles. The van der Waals surface area contributed by atoms with E-state index >= 15 is 0 Å². The van der Waals surface area contributed by atoms with E-state index in [0.717, 1.165) is 25.5 Å². The van der Waals surface area contributed by atoms with Gasteiger partial charge in [-0.1, -0.05) is 12.8 Å². The first kappa shape index (κ1) is 18.9. The van der Waals surface area contributed by atoms with Gasteiger partial charge in [-0.25, -0.2) is 0 Å². The molecule has 0 aromatic rings. The Bertz CT molecular complexity index is 457. The highest BCUT2D eigenvalue weighted by atomic mass is 16.5. The summed E-state index contributed by atoms with van der Waals surface area (Å²) in [5, 5.41) is 17.6. The number of ether oxygens (including phenoxy) is 2. The number of hydrogen-bond acceptors (Lipinski definition) is 4. The van der Waals surface area contributed by atoms with Crippen LogP contribution in [0.1, 0.15) is 58.8 Å². The van der Waals surface area contributed by atoms with Crippen LogP contribution in [0.5, 0.6) is 0 Å². The monoisotopic (exact) mass is 353 g/mol. The van der Waals surface area contributed by atoms with Crippen molar-refractivity contribution in [2.45, 2.75) is 76.5 Å². The topological polar surface area (TPSA) is 75.1 Å². The molecule has 3 N–H and O–H groups in total. The highest BCUT2D eigenvalue weighted by Crippen LogP contribution is 2.54. The van der Waals surface area contributed by atoms with Gasteiger partial charge in [0.05, 0.1) is 18.2 Å². The maximum absolute atomic E-state index is 10.6. The van der Waals surface area contributed by atoms with Crippen molar-refractivity contribution < 1.29 is 14.6 Å². The van der Waals surface area contributed by atoms with Crippen LogP contribution < -0.4 is 10.6 Å². The standard InChI is InChI=1S/C19H35N3O3/c1-3-20-17(21-14-18(23)9-11-24-12-10-18)22-15-13-16(25-4-2)19(15)7-5-6-8-19/h15-16,23H,3-14H2,1-2H3,(H2,20,21,22). The molecule has 6 nitrogen and oxygen atoms in total. The minimum Gasteiger partial charge on any atom is -0.388 e. The van der Waals surface area contributed by atoms with Gasteiger partial charge in [-0.2, -0.15) is 0 Å². The molecule has 3 aliphatic rings. The largest absolute Gasteiger partial charge is 0.388 e. The van der Waals surface area contributed by atoms with Crippen molar-refractivity contribution in [1.29, 1.82) is 0 Å². The van der Waals surface area contributed by atoms with Gasteiger partial charge < -0.3 is 25.2 Å². The Balaban J connectivity index is 1.62. The van der Waals surface area contributed by atoms with Crippen LogP contribution in [0.2, 0.25) is 0 Å². The molecule has 1 spiro atoms. The molecule has 2 atom stereocenters. The molecular formula is C19H35N3O3. The second kappa shape index (κ2) is 8.23. The van der Waals surface area contributed by atoms with Gasteiger partial charge >= 0.3 is 0 Å². The number of hydrogen-bond donors (Lipinski definition) is 3. The van der Waals surface area contributed by atoms with Crippen LogP contribution in [0, 0.1) is 5.41 Å². The molecular weight excluding hydrogens is 318 g/mol. The quantitative estimate of drug-likeness (QED) is 0.502. The molecule has 0 aromatic heterocycles. The van der Waals surface area contributed by atoms with E-state index in [1.165, 1.54) is 25.7 Å². The molecule has 1 aliphatic heterocycles. The summed E-state index contributed by atoms with van der Waals surface area (Å²) in [5.74, 6) is 0.827. The molecule has 3 fully saturated rings. The zero-order valence-corrected chi connectivity index (χ0v) is 15.9. The Morgan fingerprint density at radius 3 is 2.56 bits per heavy atom. The zero-order chi connectivity index (χ0) is 17.8. The van der Waals surface area contributed by atoms with Crippen LogP contribution in [0.25, 0.3) is 0 Å². The molecule has 0 amide bonds. The van der Waals surface area contributed by atoms with Gasteiger partial charge in [0.1, 0.15) is 0 Å². The minimum atomic E-state index is -0.723. The molecule has 144 valence electrons. The van der Waals surface area contributed by atoms with Gasteiger partial charge in [-0.3, -0.25) is 4.99 Å². The Kier molecular flexibility index (Phi) is 6.23. The Labute approximate surface area is 151 Å². The third kappa shape index (κ3) is 4.12. The number of guanidine groups is 1. The van der Waals surface area contributed by atoms with Crippen molar-refractivity contribution in [2.75, 3.05) is 32.9 Å². The predicted octanol–water partition coefficient (Wildman–Crippen LogP) is 1.82. The Hall–Kier alpha value is -0.850. The molecule has 3 rings (SSSR count). The molecule has 0 radical (unpaired) electrons. The molecule has 2 aliphatic carbocycles. The fourth-order valence-corrected chi connectivity index (χ4v) is 4.71. The predicted molar refractivity (Wildman–Crippen MR) is 98.8 cm³/mol. The summed E-state index contributed by atoms with van der Waals surface area (Å²) in [6.45, 7) is 7.46. The summed E-state index contributed by atoms with van der Waals surface area (Å²) in [5.41, 5.74) is -0.444. The minimum absolute atomic E-state index is 0.280. The van der Waals surface area contributed by atoms with Crippen molar-refractivity contribution in [3.8, 4) is 0 Å². The lowest BCUT2D eigenvalue weighted by Crippen LogP contribution is -2.65. The SMILES string of the molecule is CCNC(=NCC1(O)CCOCC1)NC1CC(OCC)C12CCCC2. The summed E-state index contributed by atoms with van der Waals surface area (Å²) in [6, 6.07) is 0.425. The second-order valence-electron chi connectivity index (χ2n) is 7.85. The summed E-state index contributed by atoms with van der Waals surface area (Å²) >= 11 is 0. The van der Waals surface area contributed by atoms with Gasteiger partial charge in [-0.15, -0.1) is 0 Å². The first-order valence-electron chi connectivity index (χ1n) is 10.1. The van der Waals surface area contributed by atoms with Crippen LogP contribution in [-0.4, -0.2) is 61.7 Å². The molecule has 1 heterocycles. The number of aliphatic imine (C=N–C) groups is 1. The smallest absolute Gasteiger partial charge is 0.191 e. The highest BCUT2D eigenvalue weighted by Gasteiger charge is 2.57. The van der Waals surface area contributed by atoms with Crippen LogP contribution in [0.3, 0.4) is 0 Å². The van der Waals surface area contributed by atoms with E-state index in [1.807, 2.05) is 0 Å². The number of aliphatic hydroxyl groups is 1. The van der Waals surface area contributed by atoms with E-state index < -0.39 is 5.60 Å². The number of rotatable bonds is 6. The van der Waals surface area contributed by atoms with Crippen molar-refractivity contribution in [3.05, 3.63) is 0 Å².